The number of fused-ring (bicyclic) bond motifs is 1. The van der Waals surface area contributed by atoms with Crippen LogP contribution < -0.4 is 5.73 Å². The number of carboxylic acid groups (broad SMARTS) is 1. The topological polar surface area (TPSA) is 63.3 Å². The maximum absolute atomic E-state index is 11.1. The molecule has 3 aromatic rings. The molecule has 0 bridgehead atoms. The fourth-order valence-corrected chi connectivity index (χ4v) is 2.31. The van der Waals surface area contributed by atoms with Crippen molar-refractivity contribution in [3.63, 3.8) is 0 Å². The number of nitrogen functional groups attached to an aromatic ring is 1. The first-order valence-corrected chi connectivity index (χ1v) is 6.27. The van der Waals surface area contributed by atoms with Gasteiger partial charge >= 0.3 is 5.97 Å². The van der Waals surface area contributed by atoms with E-state index in [1.54, 1.807) is 12.1 Å². The maximum Gasteiger partial charge on any atom is 0.337 e. The summed E-state index contributed by atoms with van der Waals surface area (Å²) in [5.41, 5.74) is 8.34. The summed E-state index contributed by atoms with van der Waals surface area (Å²) < 4.78 is 0. The molecule has 3 N–H and O–H groups in total. The summed E-state index contributed by atoms with van der Waals surface area (Å²) in [5, 5.41) is 10.9. The third kappa shape index (κ3) is 2.10. The molecule has 0 aliphatic rings. The van der Waals surface area contributed by atoms with Gasteiger partial charge in [-0.05, 0) is 40.1 Å². The zero-order valence-corrected chi connectivity index (χ0v) is 10.7. The second-order valence-electron chi connectivity index (χ2n) is 4.67. The molecule has 20 heavy (non-hydrogen) atoms. The van der Waals surface area contributed by atoms with Crippen LogP contribution in [0, 0.1) is 0 Å². The van der Waals surface area contributed by atoms with Gasteiger partial charge in [0.15, 0.2) is 0 Å². The van der Waals surface area contributed by atoms with E-state index in [0.29, 0.717) is 0 Å². The molecule has 0 atom stereocenters. The lowest BCUT2D eigenvalue weighted by atomic mass is 9.99. The summed E-state index contributed by atoms with van der Waals surface area (Å²) in [5.74, 6) is -1.01. The smallest absolute Gasteiger partial charge is 0.337 e. The molecule has 0 aliphatic carbocycles. The monoisotopic (exact) mass is 263 g/mol. The first kappa shape index (κ1) is 12.2. The number of nitrogens with two attached hydrogens (primary N) is 1. The first-order valence-electron chi connectivity index (χ1n) is 6.27. The predicted molar refractivity (Wildman–Crippen MR) is 80.8 cm³/mol. The molecule has 0 saturated carbocycles. The molecule has 0 radical (unpaired) electrons. The number of hydrogen-bond donors (Lipinski definition) is 2. The van der Waals surface area contributed by atoms with Gasteiger partial charge in [-0.2, -0.15) is 0 Å². The zero-order valence-electron chi connectivity index (χ0n) is 10.7. The van der Waals surface area contributed by atoms with Crippen molar-refractivity contribution < 1.29 is 9.90 Å². The molecule has 0 aliphatic heterocycles. The molecule has 0 saturated heterocycles. The summed E-state index contributed by atoms with van der Waals surface area (Å²) in [6.45, 7) is 0. The van der Waals surface area contributed by atoms with Crippen LogP contribution in [0.1, 0.15) is 10.4 Å². The van der Waals surface area contributed by atoms with Crippen LogP contribution >= 0.6 is 0 Å². The van der Waals surface area contributed by atoms with Crippen molar-refractivity contribution in [2.45, 2.75) is 0 Å². The summed E-state index contributed by atoms with van der Waals surface area (Å²) in [7, 11) is 0. The molecule has 3 rings (SSSR count). The standard InChI is InChI=1S/C17H13NO2/c18-16-10-13-7-6-12(11-4-2-1-3-5-11)8-14(13)9-15(16)17(19)20/h1-10H,18H2,(H,19,20). The van der Waals surface area contributed by atoms with Crippen LogP contribution in [0.2, 0.25) is 0 Å². The Morgan fingerprint density at radius 1 is 0.850 bits per heavy atom. The van der Waals surface area contributed by atoms with Gasteiger partial charge in [-0.15, -0.1) is 0 Å². The molecule has 3 aromatic carbocycles. The molecule has 0 spiro atoms. The molecule has 0 amide bonds. The highest BCUT2D eigenvalue weighted by atomic mass is 16.4. The molecule has 0 fully saturated rings. The van der Waals surface area contributed by atoms with Crippen LogP contribution in [0.5, 0.6) is 0 Å². The number of benzene rings is 3. The van der Waals surface area contributed by atoms with E-state index < -0.39 is 5.97 Å². The Labute approximate surface area is 116 Å². The average Bonchev–Trinajstić information content (AvgIpc) is 2.47. The summed E-state index contributed by atoms with van der Waals surface area (Å²) in [6.07, 6.45) is 0. The van der Waals surface area contributed by atoms with Gasteiger partial charge in [-0.3, -0.25) is 0 Å². The van der Waals surface area contributed by atoms with Gasteiger partial charge in [0.1, 0.15) is 0 Å². The fraction of sp³-hybridized carbons (Fsp3) is 0. The Hall–Kier alpha value is -2.81. The number of hydrogen-bond acceptors (Lipinski definition) is 2. The lowest BCUT2D eigenvalue weighted by Gasteiger charge is -2.07. The van der Waals surface area contributed by atoms with Gasteiger partial charge < -0.3 is 10.8 Å². The van der Waals surface area contributed by atoms with E-state index in [1.807, 2.05) is 48.5 Å². The largest absolute Gasteiger partial charge is 0.478 e. The van der Waals surface area contributed by atoms with Crippen molar-refractivity contribution in [1.82, 2.24) is 0 Å². The van der Waals surface area contributed by atoms with Gasteiger partial charge in [0.05, 0.1) is 5.56 Å². The molecular weight excluding hydrogens is 250 g/mol. The maximum atomic E-state index is 11.1. The third-order valence-electron chi connectivity index (χ3n) is 3.35. The van der Waals surface area contributed by atoms with Gasteiger partial charge in [0.2, 0.25) is 0 Å². The number of carbonyl (C=O) groups is 1. The quantitative estimate of drug-likeness (QED) is 0.691. The highest BCUT2D eigenvalue weighted by Crippen LogP contribution is 2.27. The van der Waals surface area contributed by atoms with Crippen LogP contribution in [0.25, 0.3) is 21.9 Å². The Morgan fingerprint density at radius 3 is 2.30 bits per heavy atom. The van der Waals surface area contributed by atoms with E-state index in [9.17, 15) is 4.79 Å². The van der Waals surface area contributed by atoms with Crippen molar-refractivity contribution in [3.05, 3.63) is 66.2 Å². The van der Waals surface area contributed by atoms with Gasteiger partial charge in [-0.1, -0.05) is 42.5 Å². The Kier molecular flexibility index (Phi) is 2.88. The zero-order chi connectivity index (χ0) is 14.1. The second-order valence-corrected chi connectivity index (χ2v) is 4.67. The Bertz CT molecular complexity index is 795. The fourth-order valence-electron chi connectivity index (χ4n) is 2.31. The van der Waals surface area contributed by atoms with E-state index in [2.05, 4.69) is 0 Å². The predicted octanol–water partition coefficient (Wildman–Crippen LogP) is 3.79. The molecule has 98 valence electrons. The summed E-state index contributed by atoms with van der Waals surface area (Å²) in [4.78, 5) is 11.1. The normalized spacial score (nSPS) is 10.6. The highest BCUT2D eigenvalue weighted by Gasteiger charge is 2.09. The summed E-state index contributed by atoms with van der Waals surface area (Å²) >= 11 is 0. The minimum atomic E-state index is -1.01. The van der Waals surface area contributed by atoms with E-state index in [4.69, 9.17) is 10.8 Å². The van der Waals surface area contributed by atoms with Gasteiger partial charge in [-0.25, -0.2) is 4.79 Å². The third-order valence-corrected chi connectivity index (χ3v) is 3.35. The minimum absolute atomic E-state index is 0.141. The SMILES string of the molecule is Nc1cc2ccc(-c3ccccc3)cc2cc1C(=O)O. The van der Waals surface area contributed by atoms with Crippen LogP contribution in [0.3, 0.4) is 0 Å². The van der Waals surface area contributed by atoms with E-state index in [0.717, 1.165) is 21.9 Å². The van der Waals surface area contributed by atoms with Crippen molar-refractivity contribution in [1.29, 1.82) is 0 Å². The molecule has 0 aromatic heterocycles. The van der Waals surface area contributed by atoms with Crippen LogP contribution in [0.4, 0.5) is 5.69 Å². The average molecular weight is 263 g/mol. The number of anilines is 1. The summed E-state index contributed by atoms with van der Waals surface area (Å²) in [6, 6.07) is 19.2. The number of rotatable bonds is 2. The van der Waals surface area contributed by atoms with Crippen LogP contribution in [-0.2, 0) is 0 Å². The van der Waals surface area contributed by atoms with E-state index >= 15 is 0 Å². The number of aromatic carboxylic acids is 1. The molecule has 3 heteroatoms. The molecule has 0 heterocycles. The van der Waals surface area contributed by atoms with Crippen LogP contribution in [0.15, 0.2) is 60.7 Å². The van der Waals surface area contributed by atoms with Crippen molar-refractivity contribution in [3.8, 4) is 11.1 Å². The first-order chi connectivity index (χ1) is 9.65. The van der Waals surface area contributed by atoms with E-state index in [1.165, 1.54) is 0 Å². The highest BCUT2D eigenvalue weighted by molar-refractivity contribution is 6.01. The van der Waals surface area contributed by atoms with Crippen molar-refractivity contribution in [2.24, 2.45) is 0 Å². The Morgan fingerprint density at radius 2 is 1.60 bits per heavy atom. The second kappa shape index (κ2) is 4.70. The molecule has 3 nitrogen and oxygen atoms in total. The Balaban J connectivity index is 2.20. The van der Waals surface area contributed by atoms with Crippen molar-refractivity contribution >= 4 is 22.4 Å². The van der Waals surface area contributed by atoms with E-state index in [-0.39, 0.29) is 11.3 Å². The molecule has 0 unspecified atom stereocenters. The van der Waals surface area contributed by atoms with Crippen LogP contribution in [-0.4, -0.2) is 11.1 Å². The minimum Gasteiger partial charge on any atom is -0.478 e. The number of carboxylic acids is 1. The lowest BCUT2D eigenvalue weighted by molar-refractivity contribution is 0.0698. The van der Waals surface area contributed by atoms with Crippen molar-refractivity contribution in [2.75, 3.05) is 5.73 Å². The molecular formula is C17H13NO2. The van der Waals surface area contributed by atoms with Gasteiger partial charge in [0.25, 0.3) is 0 Å². The van der Waals surface area contributed by atoms with Gasteiger partial charge in [0, 0.05) is 5.69 Å². The lowest BCUT2D eigenvalue weighted by Crippen LogP contribution is -2.02.